The van der Waals surface area contributed by atoms with Crippen LogP contribution in [0.5, 0.6) is 0 Å². The summed E-state index contributed by atoms with van der Waals surface area (Å²) in [5, 5.41) is 4.52. The molecule has 2 aromatic heterocycles. The van der Waals surface area contributed by atoms with E-state index in [2.05, 4.69) is 39.0 Å². The largest absolute Gasteiger partial charge is 0.367 e. The van der Waals surface area contributed by atoms with Crippen molar-refractivity contribution >= 4 is 22.8 Å². The van der Waals surface area contributed by atoms with Gasteiger partial charge in [-0.05, 0) is 32.0 Å². The fourth-order valence-corrected chi connectivity index (χ4v) is 3.19. The van der Waals surface area contributed by atoms with Gasteiger partial charge < -0.3 is 15.2 Å². The van der Waals surface area contributed by atoms with Crippen molar-refractivity contribution in [3.8, 4) is 0 Å². The van der Waals surface area contributed by atoms with Gasteiger partial charge in [0.25, 0.3) is 0 Å². The first-order valence-corrected chi connectivity index (χ1v) is 8.76. The highest BCUT2D eigenvalue weighted by Crippen LogP contribution is 2.21. The van der Waals surface area contributed by atoms with Gasteiger partial charge in [0, 0.05) is 25.3 Å². The van der Waals surface area contributed by atoms with Gasteiger partial charge >= 0.3 is 0 Å². The number of piperidine rings is 1. The lowest BCUT2D eigenvalue weighted by molar-refractivity contribution is -0.133. The first-order chi connectivity index (χ1) is 11.7. The number of nitrogens with zero attached hydrogens (tertiary/aromatic N) is 4. The molecule has 0 spiro atoms. The highest BCUT2D eigenvalue weighted by Gasteiger charge is 2.24. The summed E-state index contributed by atoms with van der Waals surface area (Å²) in [7, 11) is 0. The minimum absolute atomic E-state index is 0.243. The molecule has 2 aromatic rings. The summed E-state index contributed by atoms with van der Waals surface area (Å²) in [5.74, 6) is 1.11. The van der Waals surface area contributed by atoms with Crippen LogP contribution in [0.3, 0.4) is 0 Å². The van der Waals surface area contributed by atoms with E-state index in [1.54, 1.807) is 6.33 Å². The molecule has 0 radical (unpaired) electrons. The SMILES string of the molecule is CCN(CC)CC(=O)N1CCC(Nc2ncnc3[nH]ccc23)CC1. The number of hydrogen-bond donors (Lipinski definition) is 2. The number of fused-ring (bicyclic) bond motifs is 1. The molecule has 130 valence electrons. The van der Waals surface area contributed by atoms with Gasteiger partial charge in [-0.25, -0.2) is 9.97 Å². The van der Waals surface area contributed by atoms with E-state index in [1.807, 2.05) is 17.2 Å². The van der Waals surface area contributed by atoms with Crippen LogP contribution in [0.4, 0.5) is 5.82 Å². The number of aromatic nitrogens is 3. The molecule has 2 N–H and O–H groups in total. The van der Waals surface area contributed by atoms with Gasteiger partial charge in [-0.3, -0.25) is 9.69 Å². The summed E-state index contributed by atoms with van der Waals surface area (Å²) in [4.78, 5) is 28.2. The number of anilines is 1. The topological polar surface area (TPSA) is 77.2 Å². The molecule has 1 saturated heterocycles. The predicted molar refractivity (Wildman–Crippen MR) is 94.9 cm³/mol. The van der Waals surface area contributed by atoms with Crippen molar-refractivity contribution < 1.29 is 4.79 Å². The number of carbonyl (C=O) groups excluding carboxylic acids is 1. The molecule has 1 amide bonds. The Morgan fingerprint density at radius 1 is 1.33 bits per heavy atom. The van der Waals surface area contributed by atoms with Crippen molar-refractivity contribution in [1.29, 1.82) is 0 Å². The summed E-state index contributed by atoms with van der Waals surface area (Å²) >= 11 is 0. The predicted octanol–water partition coefficient (Wildman–Crippen LogP) is 1.70. The minimum atomic E-state index is 0.243. The number of rotatable bonds is 6. The molecule has 24 heavy (non-hydrogen) atoms. The molecule has 1 fully saturated rings. The Morgan fingerprint density at radius 2 is 2.08 bits per heavy atom. The van der Waals surface area contributed by atoms with Crippen LogP contribution in [-0.4, -0.2) is 69.4 Å². The zero-order valence-corrected chi connectivity index (χ0v) is 14.5. The molecule has 1 aliphatic rings. The highest BCUT2D eigenvalue weighted by atomic mass is 16.2. The van der Waals surface area contributed by atoms with Gasteiger partial charge in [0.15, 0.2) is 0 Å². The van der Waals surface area contributed by atoms with Gasteiger partial charge in [0.1, 0.15) is 17.8 Å². The summed E-state index contributed by atoms with van der Waals surface area (Å²) < 4.78 is 0. The van der Waals surface area contributed by atoms with E-state index < -0.39 is 0 Å². The van der Waals surface area contributed by atoms with E-state index in [0.29, 0.717) is 12.6 Å². The maximum absolute atomic E-state index is 12.4. The van der Waals surface area contributed by atoms with Crippen LogP contribution in [0.2, 0.25) is 0 Å². The Balaban J connectivity index is 1.54. The molecule has 7 nitrogen and oxygen atoms in total. The monoisotopic (exact) mass is 330 g/mol. The zero-order chi connectivity index (χ0) is 16.9. The second-order valence-corrected chi connectivity index (χ2v) is 6.22. The number of likely N-dealkylation sites (tertiary alicyclic amines) is 1. The van der Waals surface area contributed by atoms with Crippen LogP contribution in [0.15, 0.2) is 18.6 Å². The number of hydrogen-bond acceptors (Lipinski definition) is 5. The summed E-state index contributed by atoms with van der Waals surface area (Å²) in [6.07, 6.45) is 5.34. The van der Waals surface area contributed by atoms with Crippen LogP contribution >= 0.6 is 0 Å². The number of nitrogens with one attached hydrogen (secondary N) is 2. The second-order valence-electron chi connectivity index (χ2n) is 6.22. The Hall–Kier alpha value is -2.15. The minimum Gasteiger partial charge on any atom is -0.367 e. The first-order valence-electron chi connectivity index (χ1n) is 8.76. The molecule has 0 atom stereocenters. The molecular formula is C17H26N6O. The number of H-pyrrole nitrogens is 1. The van der Waals surface area contributed by atoms with Crippen molar-refractivity contribution in [3.63, 3.8) is 0 Å². The molecule has 1 aliphatic heterocycles. The van der Waals surface area contributed by atoms with Gasteiger partial charge in [-0.2, -0.15) is 0 Å². The fourth-order valence-electron chi connectivity index (χ4n) is 3.19. The third-order valence-corrected chi connectivity index (χ3v) is 4.80. The number of amides is 1. The first kappa shape index (κ1) is 16.7. The van der Waals surface area contributed by atoms with Crippen LogP contribution in [0.1, 0.15) is 26.7 Å². The zero-order valence-electron chi connectivity index (χ0n) is 14.5. The molecule has 3 heterocycles. The Morgan fingerprint density at radius 3 is 2.79 bits per heavy atom. The third-order valence-electron chi connectivity index (χ3n) is 4.80. The summed E-state index contributed by atoms with van der Waals surface area (Å²) in [6, 6.07) is 2.33. The third kappa shape index (κ3) is 3.67. The molecule has 0 bridgehead atoms. The van der Waals surface area contributed by atoms with E-state index in [4.69, 9.17) is 0 Å². The van der Waals surface area contributed by atoms with E-state index in [9.17, 15) is 4.79 Å². The van der Waals surface area contributed by atoms with Crippen molar-refractivity contribution in [3.05, 3.63) is 18.6 Å². The van der Waals surface area contributed by atoms with Gasteiger partial charge in [-0.15, -0.1) is 0 Å². The van der Waals surface area contributed by atoms with E-state index in [-0.39, 0.29) is 5.91 Å². The Kier molecular flexibility index (Phi) is 5.30. The van der Waals surface area contributed by atoms with Gasteiger partial charge in [0.05, 0.1) is 11.9 Å². The molecule has 0 saturated carbocycles. The summed E-state index contributed by atoms with van der Waals surface area (Å²) in [5.41, 5.74) is 0.847. The van der Waals surface area contributed by atoms with Crippen LogP contribution < -0.4 is 5.32 Å². The van der Waals surface area contributed by atoms with Crippen molar-refractivity contribution in [1.82, 2.24) is 24.8 Å². The smallest absolute Gasteiger partial charge is 0.236 e. The Bertz CT molecular complexity index is 673. The standard InChI is InChI=1S/C17H26N6O/c1-3-22(4-2)11-15(24)23-9-6-13(7-10-23)21-17-14-5-8-18-16(14)19-12-20-17/h5,8,12-13H,3-4,6-7,9-11H2,1-2H3,(H2,18,19,20,21). The summed E-state index contributed by atoms with van der Waals surface area (Å²) in [6.45, 7) is 8.16. The van der Waals surface area contributed by atoms with Crippen molar-refractivity contribution in [2.75, 3.05) is 38.0 Å². The van der Waals surface area contributed by atoms with Crippen molar-refractivity contribution in [2.24, 2.45) is 0 Å². The average Bonchev–Trinajstić information content (AvgIpc) is 3.10. The quantitative estimate of drug-likeness (QED) is 0.843. The normalized spacial score (nSPS) is 16.0. The maximum Gasteiger partial charge on any atom is 0.236 e. The van der Waals surface area contributed by atoms with E-state index in [0.717, 1.165) is 55.9 Å². The number of aromatic amines is 1. The fraction of sp³-hybridized carbons (Fsp3) is 0.588. The number of carbonyl (C=O) groups is 1. The average molecular weight is 330 g/mol. The molecule has 0 unspecified atom stereocenters. The second kappa shape index (κ2) is 7.61. The highest BCUT2D eigenvalue weighted by molar-refractivity contribution is 5.86. The van der Waals surface area contributed by atoms with E-state index in [1.165, 1.54) is 0 Å². The van der Waals surface area contributed by atoms with Crippen molar-refractivity contribution in [2.45, 2.75) is 32.7 Å². The molecule has 0 aliphatic carbocycles. The number of likely N-dealkylation sites (N-methyl/N-ethyl adjacent to an activating group) is 1. The molecule has 3 rings (SSSR count). The molecule has 0 aromatic carbocycles. The van der Waals surface area contributed by atoms with Crippen LogP contribution in [0, 0.1) is 0 Å². The molecule has 7 heteroatoms. The molecular weight excluding hydrogens is 304 g/mol. The maximum atomic E-state index is 12.4. The van der Waals surface area contributed by atoms with Gasteiger partial charge in [0.2, 0.25) is 5.91 Å². The van der Waals surface area contributed by atoms with Crippen LogP contribution in [0.25, 0.3) is 11.0 Å². The lowest BCUT2D eigenvalue weighted by atomic mass is 10.0. The van der Waals surface area contributed by atoms with Crippen LogP contribution in [-0.2, 0) is 4.79 Å². The lowest BCUT2D eigenvalue weighted by Gasteiger charge is -2.34. The Labute approximate surface area is 142 Å². The van der Waals surface area contributed by atoms with Gasteiger partial charge in [-0.1, -0.05) is 13.8 Å². The lowest BCUT2D eigenvalue weighted by Crippen LogP contribution is -2.46. The van der Waals surface area contributed by atoms with E-state index >= 15 is 0 Å².